The van der Waals surface area contributed by atoms with Crippen molar-refractivity contribution < 1.29 is 24.5 Å². The Labute approximate surface area is 148 Å². The van der Waals surface area contributed by atoms with Gasteiger partial charge in [-0.15, -0.1) is 0 Å². The highest BCUT2D eigenvalue weighted by atomic mass is 16.8. The van der Waals surface area contributed by atoms with Crippen LogP contribution in [0, 0.1) is 34.0 Å². The van der Waals surface area contributed by atoms with E-state index in [1.165, 1.54) is 0 Å². The smallest absolute Gasteiger partial charge is 0.317 e. The van der Waals surface area contributed by atoms with Crippen LogP contribution in [0.1, 0.15) is 52.4 Å². The summed E-state index contributed by atoms with van der Waals surface area (Å²) < 4.78 is 11.7. The Morgan fingerprint density at radius 1 is 1.20 bits per heavy atom. The first-order valence-corrected chi connectivity index (χ1v) is 9.66. The fraction of sp³-hybridized carbons (Fsp3) is 0.850. The monoisotopic (exact) mass is 348 g/mol. The van der Waals surface area contributed by atoms with E-state index >= 15 is 0 Å². The standard InChI is InChI=1S/C20H28O5/c1-10-11-5-6-12-19-8-4-7-18(2,3)13(19)15(22)24-17(19)25-16(23)20(12,9-11)14(10)21/h11-15,17,21-22H,1,4-9H2,2-3H3/t11-,12+,13+,14-,15-,17-,19-,20+/m1/s1. The summed E-state index contributed by atoms with van der Waals surface area (Å²) in [5, 5.41) is 21.8. The van der Waals surface area contributed by atoms with Crippen LogP contribution in [0.2, 0.25) is 0 Å². The zero-order valence-corrected chi connectivity index (χ0v) is 15.0. The quantitative estimate of drug-likeness (QED) is 0.519. The second-order valence-electron chi connectivity index (χ2n) is 9.74. The van der Waals surface area contributed by atoms with Gasteiger partial charge in [0.25, 0.3) is 0 Å². The molecule has 0 aromatic carbocycles. The average Bonchev–Trinajstić information content (AvgIpc) is 2.95. The van der Waals surface area contributed by atoms with Gasteiger partial charge in [0.1, 0.15) is 5.41 Å². The average molecular weight is 348 g/mol. The number of aliphatic hydroxyl groups is 2. The zero-order chi connectivity index (χ0) is 17.8. The van der Waals surface area contributed by atoms with Crippen LogP contribution in [-0.4, -0.2) is 34.9 Å². The van der Waals surface area contributed by atoms with Crippen LogP contribution in [0.4, 0.5) is 0 Å². The maximum atomic E-state index is 13.1. The number of hydrogen-bond acceptors (Lipinski definition) is 5. The lowest BCUT2D eigenvalue weighted by Gasteiger charge is -2.60. The molecule has 8 atom stereocenters. The van der Waals surface area contributed by atoms with Crippen LogP contribution >= 0.6 is 0 Å². The van der Waals surface area contributed by atoms with E-state index in [2.05, 4.69) is 20.4 Å². The summed E-state index contributed by atoms with van der Waals surface area (Å²) in [6.45, 7) is 8.46. The number of carbonyl (C=O) groups is 1. The SMILES string of the molecule is C=C1[C@@H]2CC[C@@H]3[C@](C2)(C(=O)O[C@H]2O[C@@H](O)[C@H]4C(C)(C)CCC[C@@]234)[C@@H]1O. The third-order valence-electron chi connectivity index (χ3n) is 8.46. The molecule has 0 aromatic rings. The molecule has 2 bridgehead atoms. The van der Waals surface area contributed by atoms with Gasteiger partial charge in [-0.2, -0.15) is 0 Å². The van der Waals surface area contributed by atoms with Crippen LogP contribution in [0.15, 0.2) is 12.2 Å². The number of aliphatic hydroxyl groups excluding tert-OH is 2. The molecule has 2 heterocycles. The summed E-state index contributed by atoms with van der Waals surface area (Å²) in [6, 6.07) is 0. The minimum absolute atomic E-state index is 0.0153. The van der Waals surface area contributed by atoms with Gasteiger partial charge in [0, 0.05) is 11.3 Å². The summed E-state index contributed by atoms with van der Waals surface area (Å²) in [5.74, 6) is -0.237. The second-order valence-corrected chi connectivity index (χ2v) is 9.74. The van der Waals surface area contributed by atoms with Crippen molar-refractivity contribution in [1.29, 1.82) is 0 Å². The summed E-state index contributed by atoms with van der Waals surface area (Å²) in [5.41, 5.74) is -0.587. The van der Waals surface area contributed by atoms with Crippen LogP contribution < -0.4 is 0 Å². The molecule has 25 heavy (non-hydrogen) atoms. The molecular weight excluding hydrogens is 320 g/mol. The topological polar surface area (TPSA) is 76.0 Å². The second kappa shape index (κ2) is 4.68. The van der Waals surface area contributed by atoms with Crippen LogP contribution in [0.5, 0.6) is 0 Å². The first-order chi connectivity index (χ1) is 11.7. The lowest BCUT2D eigenvalue weighted by Crippen LogP contribution is -2.65. The van der Waals surface area contributed by atoms with Crippen molar-refractivity contribution in [1.82, 2.24) is 0 Å². The van der Waals surface area contributed by atoms with Crippen molar-refractivity contribution in [2.75, 3.05) is 0 Å². The van der Waals surface area contributed by atoms with E-state index in [0.29, 0.717) is 6.42 Å². The van der Waals surface area contributed by atoms with Crippen molar-refractivity contribution in [3.63, 3.8) is 0 Å². The Kier molecular flexibility index (Phi) is 3.04. The van der Waals surface area contributed by atoms with Gasteiger partial charge in [0.2, 0.25) is 6.29 Å². The summed E-state index contributed by atoms with van der Waals surface area (Å²) in [7, 11) is 0. The molecule has 3 aliphatic carbocycles. The number of rotatable bonds is 0. The van der Waals surface area contributed by atoms with Gasteiger partial charge in [-0.3, -0.25) is 4.79 Å². The van der Waals surface area contributed by atoms with E-state index in [0.717, 1.165) is 37.7 Å². The van der Waals surface area contributed by atoms with Gasteiger partial charge < -0.3 is 19.7 Å². The molecule has 0 radical (unpaired) electrons. The molecule has 2 saturated heterocycles. The zero-order valence-electron chi connectivity index (χ0n) is 15.0. The van der Waals surface area contributed by atoms with Gasteiger partial charge in [0.05, 0.1) is 6.10 Å². The third-order valence-corrected chi connectivity index (χ3v) is 8.46. The molecule has 3 saturated carbocycles. The van der Waals surface area contributed by atoms with E-state index < -0.39 is 29.5 Å². The predicted molar refractivity (Wildman–Crippen MR) is 88.9 cm³/mol. The number of esters is 1. The van der Waals surface area contributed by atoms with E-state index in [-0.39, 0.29) is 29.1 Å². The minimum atomic E-state index is -0.914. The molecule has 0 amide bonds. The largest absolute Gasteiger partial charge is 0.434 e. The van der Waals surface area contributed by atoms with Gasteiger partial charge in [-0.25, -0.2) is 0 Å². The molecule has 5 aliphatic rings. The van der Waals surface area contributed by atoms with Crippen LogP contribution in [-0.2, 0) is 14.3 Å². The normalized spacial score (nSPS) is 56.0. The lowest BCUT2D eigenvalue weighted by molar-refractivity contribution is -0.269. The Morgan fingerprint density at radius 2 is 1.96 bits per heavy atom. The molecule has 5 nitrogen and oxygen atoms in total. The molecule has 5 fully saturated rings. The molecule has 5 heteroatoms. The summed E-state index contributed by atoms with van der Waals surface area (Å²) >= 11 is 0. The van der Waals surface area contributed by atoms with Crippen LogP contribution in [0.3, 0.4) is 0 Å². The number of fused-ring (bicyclic) bond motifs is 1. The highest BCUT2D eigenvalue weighted by molar-refractivity contribution is 5.81. The van der Waals surface area contributed by atoms with Crippen molar-refractivity contribution in [3.8, 4) is 0 Å². The lowest BCUT2D eigenvalue weighted by atomic mass is 9.44. The van der Waals surface area contributed by atoms with Crippen molar-refractivity contribution in [3.05, 3.63) is 12.2 Å². The Bertz CT molecular complexity index is 656. The number of ether oxygens (including phenoxy) is 2. The van der Waals surface area contributed by atoms with Crippen molar-refractivity contribution in [2.24, 2.45) is 34.0 Å². The highest BCUT2D eigenvalue weighted by Gasteiger charge is 2.77. The van der Waals surface area contributed by atoms with E-state index in [9.17, 15) is 15.0 Å². The van der Waals surface area contributed by atoms with Gasteiger partial charge in [0.15, 0.2) is 6.29 Å². The fourth-order valence-electron chi connectivity index (χ4n) is 7.57. The molecule has 0 aromatic heterocycles. The number of carbonyl (C=O) groups excluding carboxylic acids is 1. The Hall–Kier alpha value is -0.910. The number of hydrogen-bond donors (Lipinski definition) is 2. The maximum Gasteiger partial charge on any atom is 0.317 e. The van der Waals surface area contributed by atoms with E-state index in [4.69, 9.17) is 9.47 Å². The molecule has 2 N–H and O–H groups in total. The molecule has 2 aliphatic heterocycles. The molecule has 5 rings (SSSR count). The molecule has 138 valence electrons. The molecule has 2 spiro atoms. The third kappa shape index (κ3) is 1.64. The van der Waals surface area contributed by atoms with Crippen molar-refractivity contribution >= 4 is 5.97 Å². The van der Waals surface area contributed by atoms with Gasteiger partial charge in [-0.05, 0) is 54.9 Å². The molecule has 0 unspecified atom stereocenters. The summed E-state index contributed by atoms with van der Waals surface area (Å²) in [4.78, 5) is 13.1. The van der Waals surface area contributed by atoms with Gasteiger partial charge in [-0.1, -0.05) is 26.8 Å². The fourth-order valence-corrected chi connectivity index (χ4v) is 7.57. The summed E-state index contributed by atoms with van der Waals surface area (Å²) in [6.07, 6.45) is 2.95. The predicted octanol–water partition coefficient (Wildman–Crippen LogP) is 2.36. The molecular formula is C20H28O5. The first-order valence-electron chi connectivity index (χ1n) is 9.66. The van der Waals surface area contributed by atoms with E-state index in [1.54, 1.807) is 0 Å². The first kappa shape index (κ1) is 16.3. The van der Waals surface area contributed by atoms with Crippen molar-refractivity contribution in [2.45, 2.75) is 71.1 Å². The maximum absolute atomic E-state index is 13.1. The van der Waals surface area contributed by atoms with E-state index in [1.807, 2.05) is 0 Å². The Morgan fingerprint density at radius 3 is 2.72 bits per heavy atom. The highest BCUT2D eigenvalue weighted by Crippen LogP contribution is 2.73. The minimum Gasteiger partial charge on any atom is -0.434 e. The van der Waals surface area contributed by atoms with Gasteiger partial charge >= 0.3 is 5.97 Å². The Balaban J connectivity index is 1.70. The van der Waals surface area contributed by atoms with Crippen LogP contribution in [0.25, 0.3) is 0 Å².